The maximum atomic E-state index is 12.5. The maximum absolute atomic E-state index is 12.5. The van der Waals surface area contributed by atoms with E-state index in [0.717, 1.165) is 5.69 Å². The minimum absolute atomic E-state index is 0.173. The van der Waals surface area contributed by atoms with Gasteiger partial charge in [-0.2, -0.15) is 0 Å². The third kappa shape index (κ3) is 3.97. The standard InChI is InChI=1S/C13H23ClN2O3S/c1-11(2)16-10-13(8-12(16)9-14)20(17,18)15(3)6-5-7-19-4/h8,10-11H,5-7,9H2,1-4H3. The van der Waals surface area contributed by atoms with Crippen LogP contribution < -0.4 is 0 Å². The van der Waals surface area contributed by atoms with Gasteiger partial charge in [0.1, 0.15) is 4.90 Å². The Kier molecular flexibility index (Phi) is 6.51. The van der Waals surface area contributed by atoms with Gasteiger partial charge in [0.15, 0.2) is 0 Å². The molecule has 0 amide bonds. The van der Waals surface area contributed by atoms with Gasteiger partial charge in [0, 0.05) is 45.2 Å². The molecule has 0 fully saturated rings. The van der Waals surface area contributed by atoms with Gasteiger partial charge >= 0.3 is 0 Å². The van der Waals surface area contributed by atoms with Gasteiger partial charge in [-0.05, 0) is 26.3 Å². The first-order chi connectivity index (χ1) is 9.34. The first-order valence-electron chi connectivity index (χ1n) is 6.56. The fraction of sp³-hybridized carbons (Fsp3) is 0.692. The van der Waals surface area contributed by atoms with Crippen molar-refractivity contribution in [3.8, 4) is 0 Å². The van der Waals surface area contributed by atoms with Gasteiger partial charge in [0.25, 0.3) is 0 Å². The highest BCUT2D eigenvalue weighted by Crippen LogP contribution is 2.22. The predicted octanol–water partition coefficient (Wildman–Crippen LogP) is 2.46. The van der Waals surface area contributed by atoms with Gasteiger partial charge in [-0.15, -0.1) is 11.6 Å². The van der Waals surface area contributed by atoms with Crippen molar-refractivity contribution in [2.75, 3.05) is 27.3 Å². The van der Waals surface area contributed by atoms with E-state index in [2.05, 4.69) is 0 Å². The number of nitrogens with zero attached hydrogens (tertiary/aromatic N) is 2. The van der Waals surface area contributed by atoms with Crippen molar-refractivity contribution >= 4 is 21.6 Å². The fourth-order valence-corrected chi connectivity index (χ4v) is 3.43. The second-order valence-electron chi connectivity index (χ2n) is 4.97. The number of methoxy groups -OCH3 is 1. The second-order valence-corrected chi connectivity index (χ2v) is 7.29. The number of hydrogen-bond donors (Lipinski definition) is 0. The molecule has 0 saturated heterocycles. The summed E-state index contributed by atoms with van der Waals surface area (Å²) < 4.78 is 33.1. The molecule has 0 saturated carbocycles. The topological polar surface area (TPSA) is 51.5 Å². The quantitative estimate of drug-likeness (QED) is 0.545. The smallest absolute Gasteiger partial charge is 0.244 e. The molecule has 20 heavy (non-hydrogen) atoms. The van der Waals surface area contributed by atoms with Crippen LogP contribution in [0.4, 0.5) is 0 Å². The molecule has 116 valence electrons. The molecule has 5 nitrogen and oxygen atoms in total. The van der Waals surface area contributed by atoms with Crippen LogP contribution in [0.5, 0.6) is 0 Å². The van der Waals surface area contributed by atoms with Crippen molar-refractivity contribution in [2.45, 2.75) is 37.1 Å². The predicted molar refractivity (Wildman–Crippen MR) is 80.7 cm³/mol. The average molecular weight is 323 g/mol. The third-order valence-corrected chi connectivity index (χ3v) is 5.23. The molecule has 0 aliphatic carbocycles. The lowest BCUT2D eigenvalue weighted by molar-refractivity contribution is 0.189. The van der Waals surface area contributed by atoms with Crippen molar-refractivity contribution in [1.82, 2.24) is 8.87 Å². The summed E-state index contributed by atoms with van der Waals surface area (Å²) in [6.07, 6.45) is 2.32. The minimum Gasteiger partial charge on any atom is -0.385 e. The Balaban J connectivity index is 2.97. The molecule has 0 spiro atoms. The van der Waals surface area contributed by atoms with Crippen LogP contribution in [0.3, 0.4) is 0 Å². The van der Waals surface area contributed by atoms with E-state index in [9.17, 15) is 8.42 Å². The molecular formula is C13H23ClN2O3S. The summed E-state index contributed by atoms with van der Waals surface area (Å²) >= 11 is 5.88. The normalized spacial score (nSPS) is 12.6. The summed E-state index contributed by atoms with van der Waals surface area (Å²) in [4.78, 5) is 0.293. The Bertz CT molecular complexity index is 526. The Morgan fingerprint density at radius 1 is 1.45 bits per heavy atom. The van der Waals surface area contributed by atoms with Crippen molar-refractivity contribution < 1.29 is 13.2 Å². The Labute approximate surface area is 126 Å². The Morgan fingerprint density at radius 3 is 2.55 bits per heavy atom. The second kappa shape index (κ2) is 7.45. The lowest BCUT2D eigenvalue weighted by Gasteiger charge is -2.16. The van der Waals surface area contributed by atoms with Gasteiger partial charge in [-0.3, -0.25) is 0 Å². The van der Waals surface area contributed by atoms with E-state index in [1.54, 1.807) is 26.4 Å². The number of rotatable bonds is 8. The first-order valence-corrected chi connectivity index (χ1v) is 8.54. The van der Waals surface area contributed by atoms with Crippen molar-refractivity contribution in [1.29, 1.82) is 0 Å². The van der Waals surface area contributed by atoms with Gasteiger partial charge in [0.05, 0.1) is 5.88 Å². The molecule has 0 radical (unpaired) electrons. The van der Waals surface area contributed by atoms with Gasteiger partial charge in [-0.25, -0.2) is 12.7 Å². The molecule has 0 aliphatic rings. The van der Waals surface area contributed by atoms with Crippen LogP contribution in [0.1, 0.15) is 32.0 Å². The highest BCUT2D eigenvalue weighted by atomic mass is 35.5. The average Bonchev–Trinajstić information content (AvgIpc) is 2.83. The lowest BCUT2D eigenvalue weighted by Crippen LogP contribution is -2.28. The number of ether oxygens (including phenoxy) is 1. The number of hydrogen-bond acceptors (Lipinski definition) is 3. The number of alkyl halides is 1. The molecule has 1 heterocycles. The molecule has 0 N–H and O–H groups in total. The van der Waals surface area contributed by atoms with E-state index in [4.69, 9.17) is 16.3 Å². The third-order valence-electron chi connectivity index (χ3n) is 3.13. The molecular weight excluding hydrogens is 300 g/mol. The number of halogens is 1. The van der Waals surface area contributed by atoms with E-state index < -0.39 is 10.0 Å². The SMILES string of the molecule is COCCCN(C)S(=O)(=O)c1cc(CCl)n(C(C)C)c1. The molecule has 1 aromatic heterocycles. The highest BCUT2D eigenvalue weighted by Gasteiger charge is 2.23. The summed E-state index contributed by atoms with van der Waals surface area (Å²) in [5.41, 5.74) is 0.811. The van der Waals surface area contributed by atoms with Crippen LogP contribution >= 0.6 is 11.6 Å². The van der Waals surface area contributed by atoms with Crippen LogP contribution in [-0.4, -0.2) is 44.6 Å². The van der Waals surface area contributed by atoms with Crippen LogP contribution in [0, 0.1) is 0 Å². The van der Waals surface area contributed by atoms with E-state index in [1.165, 1.54) is 4.31 Å². The molecule has 7 heteroatoms. The zero-order valence-electron chi connectivity index (χ0n) is 12.5. The Morgan fingerprint density at radius 2 is 2.10 bits per heavy atom. The first kappa shape index (κ1) is 17.5. The van der Waals surface area contributed by atoms with Crippen molar-refractivity contribution in [3.63, 3.8) is 0 Å². The molecule has 0 atom stereocenters. The van der Waals surface area contributed by atoms with Crippen molar-refractivity contribution in [3.05, 3.63) is 18.0 Å². The molecule has 1 aromatic rings. The van der Waals surface area contributed by atoms with E-state index in [0.29, 0.717) is 30.3 Å². The fourth-order valence-electron chi connectivity index (χ4n) is 1.96. The van der Waals surface area contributed by atoms with Gasteiger partial charge in [-0.1, -0.05) is 0 Å². The maximum Gasteiger partial charge on any atom is 0.244 e. The molecule has 1 rings (SSSR count). The summed E-state index contributed by atoms with van der Waals surface area (Å²) in [6.45, 7) is 4.96. The van der Waals surface area contributed by atoms with Crippen LogP contribution in [0.2, 0.25) is 0 Å². The number of aromatic nitrogens is 1. The molecule has 0 aliphatic heterocycles. The van der Waals surface area contributed by atoms with Crippen LogP contribution in [0.15, 0.2) is 17.2 Å². The molecule has 0 bridgehead atoms. The Hall–Kier alpha value is -0.560. The number of sulfonamides is 1. The van der Waals surface area contributed by atoms with Gasteiger partial charge in [0.2, 0.25) is 10.0 Å². The summed E-state index contributed by atoms with van der Waals surface area (Å²) in [7, 11) is -0.284. The zero-order chi connectivity index (χ0) is 15.3. The van der Waals surface area contributed by atoms with Crippen LogP contribution in [0.25, 0.3) is 0 Å². The summed E-state index contributed by atoms with van der Waals surface area (Å²) in [5.74, 6) is 0.293. The molecule has 0 unspecified atom stereocenters. The lowest BCUT2D eigenvalue weighted by atomic mass is 10.4. The van der Waals surface area contributed by atoms with E-state index in [1.807, 2.05) is 18.4 Å². The summed E-state index contributed by atoms with van der Waals surface area (Å²) in [6, 6.07) is 1.82. The largest absolute Gasteiger partial charge is 0.385 e. The van der Waals surface area contributed by atoms with E-state index in [-0.39, 0.29) is 6.04 Å². The van der Waals surface area contributed by atoms with Gasteiger partial charge < -0.3 is 9.30 Å². The zero-order valence-corrected chi connectivity index (χ0v) is 14.0. The molecule has 0 aromatic carbocycles. The monoisotopic (exact) mass is 322 g/mol. The summed E-state index contributed by atoms with van der Waals surface area (Å²) in [5, 5.41) is 0. The highest BCUT2D eigenvalue weighted by molar-refractivity contribution is 7.89. The van der Waals surface area contributed by atoms with Crippen LogP contribution in [-0.2, 0) is 20.6 Å². The van der Waals surface area contributed by atoms with E-state index >= 15 is 0 Å². The minimum atomic E-state index is -3.47. The van der Waals surface area contributed by atoms with Crippen molar-refractivity contribution in [2.24, 2.45) is 0 Å².